The van der Waals surface area contributed by atoms with Crippen molar-refractivity contribution in [3.63, 3.8) is 0 Å². The number of rotatable bonds is 9. The second-order valence-corrected chi connectivity index (χ2v) is 13.8. The molecule has 4 saturated carbocycles. The Morgan fingerprint density at radius 1 is 1.11 bits per heavy atom. The van der Waals surface area contributed by atoms with E-state index in [1.807, 2.05) is 20.8 Å². The molecule has 35 heavy (non-hydrogen) atoms. The zero-order chi connectivity index (χ0) is 25.6. The van der Waals surface area contributed by atoms with Crippen molar-refractivity contribution in [3.05, 3.63) is 34.9 Å². The Hall–Kier alpha value is -1.77. The van der Waals surface area contributed by atoms with Gasteiger partial charge < -0.3 is 10.1 Å². The van der Waals surface area contributed by atoms with Gasteiger partial charge in [-0.3, -0.25) is 14.1 Å². The largest absolute Gasteiger partial charge is 0.461 e. The van der Waals surface area contributed by atoms with Gasteiger partial charge in [-0.2, -0.15) is 8.42 Å². The number of nitrogens with one attached hydrogen (secondary N) is 1. The van der Waals surface area contributed by atoms with Crippen molar-refractivity contribution in [2.24, 2.45) is 23.2 Å². The fraction of sp³-hybridized carbons (Fsp3) is 0.704. The number of benzene rings is 1. The van der Waals surface area contributed by atoms with Gasteiger partial charge in [-0.25, -0.2) is 0 Å². The Bertz CT molecular complexity index is 1050. The first kappa shape index (κ1) is 26.3. The van der Waals surface area contributed by atoms with E-state index in [9.17, 15) is 22.6 Å². The molecule has 0 heterocycles. The van der Waals surface area contributed by atoms with Crippen molar-refractivity contribution in [2.45, 2.75) is 84.3 Å². The lowest BCUT2D eigenvalue weighted by molar-refractivity contribution is -0.142. The monoisotopic (exact) mass is 505 g/mol. The molecular weight excluding hydrogens is 466 g/mol. The summed E-state index contributed by atoms with van der Waals surface area (Å²) in [5, 5.41) is 3.31. The molecule has 4 bridgehead atoms. The van der Waals surface area contributed by atoms with Crippen molar-refractivity contribution < 1.29 is 27.3 Å². The van der Waals surface area contributed by atoms with Crippen LogP contribution in [0.5, 0.6) is 0 Å². The van der Waals surface area contributed by atoms with E-state index in [1.54, 1.807) is 18.2 Å². The van der Waals surface area contributed by atoms with Gasteiger partial charge in [0.1, 0.15) is 6.61 Å². The lowest BCUT2D eigenvalue weighted by Crippen LogP contribution is -2.50. The number of hydrogen-bond acceptors (Lipinski definition) is 6. The van der Waals surface area contributed by atoms with Gasteiger partial charge in [-0.05, 0) is 82.6 Å². The summed E-state index contributed by atoms with van der Waals surface area (Å²) in [6, 6.07) is 5.37. The van der Waals surface area contributed by atoms with Crippen LogP contribution >= 0.6 is 0 Å². The van der Waals surface area contributed by atoms with Crippen LogP contribution in [0.2, 0.25) is 0 Å². The average Bonchev–Trinajstić information content (AvgIpc) is 2.72. The minimum atomic E-state index is -4.23. The number of carbonyl (C=O) groups is 2. The Morgan fingerprint density at radius 3 is 2.17 bits per heavy atom. The molecule has 194 valence electrons. The number of ether oxygens (including phenoxy) is 1. The van der Waals surface area contributed by atoms with Gasteiger partial charge in [0.25, 0.3) is 10.1 Å². The van der Waals surface area contributed by atoms with Crippen LogP contribution in [0.4, 0.5) is 0 Å². The van der Waals surface area contributed by atoms with Gasteiger partial charge in [0, 0.05) is 41.5 Å². The van der Waals surface area contributed by atoms with Crippen LogP contribution in [0.15, 0.2) is 18.2 Å². The maximum Gasteiger partial charge on any atom is 0.302 e. The van der Waals surface area contributed by atoms with Crippen molar-refractivity contribution >= 4 is 21.9 Å². The summed E-state index contributed by atoms with van der Waals surface area (Å²) in [5.74, 6) is 0.628. The fourth-order valence-electron chi connectivity index (χ4n) is 7.02. The Morgan fingerprint density at radius 2 is 1.69 bits per heavy atom. The number of esters is 1. The third-order valence-electron chi connectivity index (χ3n) is 8.09. The summed E-state index contributed by atoms with van der Waals surface area (Å²) in [6.07, 6.45) is 6.53. The van der Waals surface area contributed by atoms with Crippen molar-refractivity contribution in [2.75, 3.05) is 12.3 Å². The normalized spacial score (nSPS) is 28.7. The van der Waals surface area contributed by atoms with Crippen molar-refractivity contribution in [1.82, 2.24) is 5.32 Å². The van der Waals surface area contributed by atoms with Crippen molar-refractivity contribution in [1.29, 1.82) is 0 Å². The lowest BCUT2D eigenvalue weighted by Gasteiger charge is -2.56. The first-order valence-corrected chi connectivity index (χ1v) is 14.4. The molecule has 4 aliphatic rings. The third-order valence-corrected chi connectivity index (χ3v) is 8.91. The van der Waals surface area contributed by atoms with E-state index in [2.05, 4.69) is 5.32 Å². The highest BCUT2D eigenvalue weighted by atomic mass is 32.2. The van der Waals surface area contributed by atoms with Crippen LogP contribution in [0.1, 0.15) is 93.6 Å². The predicted molar refractivity (Wildman–Crippen MR) is 134 cm³/mol. The highest BCUT2D eigenvalue weighted by Crippen LogP contribution is 2.61. The molecule has 1 atom stereocenters. The summed E-state index contributed by atoms with van der Waals surface area (Å²) in [5.41, 5.74) is 1.29. The van der Waals surface area contributed by atoms with E-state index in [-0.39, 0.29) is 23.3 Å². The summed E-state index contributed by atoms with van der Waals surface area (Å²) >= 11 is 0. The van der Waals surface area contributed by atoms with Crippen LogP contribution in [-0.2, 0) is 26.3 Å². The quantitative estimate of drug-likeness (QED) is 0.289. The molecule has 1 unspecified atom stereocenters. The molecular formula is C27H39NO6S. The smallest absolute Gasteiger partial charge is 0.302 e. The highest BCUT2D eigenvalue weighted by Gasteiger charge is 2.54. The van der Waals surface area contributed by atoms with E-state index in [1.165, 1.54) is 26.2 Å². The molecule has 0 aliphatic heterocycles. The summed E-state index contributed by atoms with van der Waals surface area (Å²) in [6.45, 7) is 7.57. The molecule has 1 aromatic carbocycles. The van der Waals surface area contributed by atoms with Crippen molar-refractivity contribution in [3.8, 4) is 0 Å². The summed E-state index contributed by atoms with van der Waals surface area (Å²) in [4.78, 5) is 25.7. The molecule has 7 nitrogen and oxygen atoms in total. The van der Waals surface area contributed by atoms with Crippen LogP contribution < -0.4 is 5.32 Å². The molecule has 0 spiro atoms. The molecule has 2 N–H and O–H groups in total. The standard InChI is InChI=1S/C27H39NO6S/c1-17(29)34-15-22-10-21(23(16-35(31,32)33)14-28-26(2,3)4)5-6-24(22)25(30)27-11-18-7-19(12-27)9-20(8-18)13-27/h5-6,10,18-20,23,28H,7-9,11-16H2,1-4H3,(H,31,32,33). The predicted octanol–water partition coefficient (Wildman–Crippen LogP) is 4.51. The first-order chi connectivity index (χ1) is 16.2. The molecule has 0 aromatic heterocycles. The molecule has 5 rings (SSSR count). The van der Waals surface area contributed by atoms with Crippen LogP contribution in [0.3, 0.4) is 0 Å². The second-order valence-electron chi connectivity index (χ2n) is 12.3. The van der Waals surface area contributed by atoms with Crippen LogP contribution in [-0.4, -0.2) is 42.6 Å². The number of ketones is 1. The van der Waals surface area contributed by atoms with E-state index in [0.717, 1.165) is 19.3 Å². The number of hydrogen-bond donors (Lipinski definition) is 2. The molecule has 0 radical (unpaired) electrons. The van der Waals surface area contributed by atoms with E-state index >= 15 is 0 Å². The Kier molecular flexibility index (Phi) is 7.21. The summed E-state index contributed by atoms with van der Waals surface area (Å²) < 4.78 is 38.5. The maximum absolute atomic E-state index is 14.0. The van der Waals surface area contributed by atoms with Gasteiger partial charge in [0.05, 0.1) is 5.75 Å². The first-order valence-electron chi connectivity index (χ1n) is 12.7. The minimum Gasteiger partial charge on any atom is -0.461 e. The molecule has 4 aliphatic carbocycles. The average molecular weight is 506 g/mol. The van der Waals surface area contributed by atoms with Gasteiger partial charge in [0.15, 0.2) is 5.78 Å². The van der Waals surface area contributed by atoms with Gasteiger partial charge in [-0.15, -0.1) is 0 Å². The molecule has 1 aromatic rings. The molecule has 8 heteroatoms. The summed E-state index contributed by atoms with van der Waals surface area (Å²) in [7, 11) is -4.23. The zero-order valence-electron chi connectivity index (χ0n) is 21.3. The van der Waals surface area contributed by atoms with Crippen LogP contribution in [0, 0.1) is 23.2 Å². The number of Topliss-reactive ketones (excluding diaryl/α,β-unsaturated/α-hetero) is 1. The topological polar surface area (TPSA) is 110 Å². The highest BCUT2D eigenvalue weighted by molar-refractivity contribution is 7.85. The van der Waals surface area contributed by atoms with Crippen LogP contribution in [0.25, 0.3) is 0 Å². The molecule has 0 saturated heterocycles. The molecule has 4 fully saturated rings. The van der Waals surface area contributed by atoms with E-state index in [4.69, 9.17) is 4.74 Å². The lowest BCUT2D eigenvalue weighted by atomic mass is 9.48. The van der Waals surface area contributed by atoms with Gasteiger partial charge in [-0.1, -0.05) is 18.2 Å². The maximum atomic E-state index is 14.0. The zero-order valence-corrected chi connectivity index (χ0v) is 22.1. The minimum absolute atomic E-state index is 0.0398. The fourth-order valence-corrected chi connectivity index (χ4v) is 7.84. The Balaban J connectivity index is 1.67. The van der Waals surface area contributed by atoms with Gasteiger partial charge in [0.2, 0.25) is 0 Å². The van der Waals surface area contributed by atoms with Gasteiger partial charge >= 0.3 is 5.97 Å². The van der Waals surface area contributed by atoms with E-state index in [0.29, 0.717) is 41.0 Å². The Labute approximate surface area is 209 Å². The van der Waals surface area contributed by atoms with E-state index < -0.39 is 27.8 Å². The third kappa shape index (κ3) is 6.33. The SMILES string of the molecule is CC(=O)OCc1cc(C(CNC(C)(C)C)CS(=O)(=O)O)ccc1C(=O)C12CC3CC(CC(C3)C1)C2. The second kappa shape index (κ2) is 9.60. The number of carbonyl (C=O) groups excluding carboxylic acids is 2. The molecule has 0 amide bonds.